The molecule has 1 aromatic carbocycles. The highest BCUT2D eigenvalue weighted by Crippen LogP contribution is 2.23. The molecule has 1 saturated heterocycles. The second-order valence-corrected chi connectivity index (χ2v) is 7.95. The Hall–Kier alpha value is -0.660. The van der Waals surface area contributed by atoms with E-state index < -0.39 is 15.6 Å². The molecule has 0 bridgehead atoms. The van der Waals surface area contributed by atoms with Gasteiger partial charge < -0.3 is 0 Å². The lowest BCUT2D eigenvalue weighted by molar-refractivity contribution is 0.234. The molecule has 3 nitrogen and oxygen atoms in total. The molecule has 1 heterocycles. The lowest BCUT2D eigenvalue weighted by atomic mass is 10.1. The molecule has 0 radical (unpaired) electrons. The van der Waals surface area contributed by atoms with Crippen molar-refractivity contribution in [1.29, 1.82) is 0 Å². The topological polar surface area (TPSA) is 37.4 Å². The van der Waals surface area contributed by atoms with Gasteiger partial charge in [-0.2, -0.15) is 20.5 Å². The van der Waals surface area contributed by atoms with E-state index in [-0.39, 0.29) is 4.90 Å². The van der Waals surface area contributed by atoms with E-state index in [1.54, 1.807) is 12.1 Å². The van der Waals surface area contributed by atoms with Crippen molar-refractivity contribution in [2.24, 2.45) is 0 Å². The van der Waals surface area contributed by atoms with E-state index in [0.717, 1.165) is 17.7 Å². The van der Waals surface area contributed by atoms with Crippen LogP contribution in [-0.4, -0.2) is 43.7 Å². The van der Waals surface area contributed by atoms with Crippen molar-refractivity contribution >= 4 is 21.6 Å². The Morgan fingerprint density at radius 3 is 2.50 bits per heavy atom. The van der Waals surface area contributed by atoms with Gasteiger partial charge in [0.15, 0.2) is 0 Å². The molecule has 1 aromatic rings. The summed E-state index contributed by atoms with van der Waals surface area (Å²) < 4.78 is 47.5. The molecule has 0 saturated carbocycles. The first-order chi connectivity index (χ1) is 9.41. The van der Waals surface area contributed by atoms with Crippen LogP contribution in [0.5, 0.6) is 0 Å². The van der Waals surface area contributed by atoms with Crippen molar-refractivity contribution in [1.82, 2.24) is 4.90 Å². The number of hydrogen-bond acceptors (Lipinski definition) is 4. The monoisotopic (exact) mass is 321 g/mol. The Kier molecular flexibility index (Phi) is 5.04. The Labute approximate surface area is 122 Å². The van der Waals surface area contributed by atoms with E-state index in [4.69, 9.17) is 0 Å². The van der Waals surface area contributed by atoms with Crippen LogP contribution in [0.25, 0.3) is 0 Å². The smallest absolute Gasteiger partial charge is 0.298 e. The van der Waals surface area contributed by atoms with Gasteiger partial charge >= 0.3 is 5.76 Å². The summed E-state index contributed by atoms with van der Waals surface area (Å²) >= 11 is 1.93. The molecule has 112 valence electrons. The standard InChI is InChI=1S/C13H17F2NO2S2/c1-16(11-6-7-19-9-11)8-10-2-4-12(5-3-10)20(17,18)13(14)15/h2-5,11,13H,6-9H2,1H3/t11-/m0/s1. The quantitative estimate of drug-likeness (QED) is 0.835. The number of sulfone groups is 1. The van der Waals surface area contributed by atoms with Crippen LogP contribution < -0.4 is 0 Å². The maximum Gasteiger partial charge on any atom is 0.341 e. The highest BCUT2D eigenvalue weighted by molar-refractivity contribution is 7.99. The molecule has 0 unspecified atom stereocenters. The number of nitrogens with zero attached hydrogens (tertiary/aromatic N) is 1. The van der Waals surface area contributed by atoms with Gasteiger partial charge in [-0.25, -0.2) is 8.42 Å². The predicted octanol–water partition coefficient (Wildman–Crippen LogP) is 2.62. The fourth-order valence-corrected chi connectivity index (χ4v) is 4.19. The largest absolute Gasteiger partial charge is 0.341 e. The van der Waals surface area contributed by atoms with Crippen LogP contribution in [0.3, 0.4) is 0 Å². The first-order valence-electron chi connectivity index (χ1n) is 6.30. The minimum absolute atomic E-state index is 0.324. The zero-order valence-corrected chi connectivity index (χ0v) is 12.8. The third kappa shape index (κ3) is 3.51. The summed E-state index contributed by atoms with van der Waals surface area (Å²) in [4.78, 5) is 1.90. The van der Waals surface area contributed by atoms with Crippen LogP contribution in [-0.2, 0) is 16.4 Å². The Balaban J connectivity index is 2.05. The minimum atomic E-state index is -4.49. The maximum absolute atomic E-state index is 12.4. The number of alkyl halides is 2. The highest BCUT2D eigenvalue weighted by Gasteiger charge is 2.26. The van der Waals surface area contributed by atoms with E-state index in [1.807, 2.05) is 18.8 Å². The summed E-state index contributed by atoms with van der Waals surface area (Å²) in [5.41, 5.74) is 0.928. The molecule has 0 N–H and O–H groups in total. The Bertz CT molecular complexity index is 540. The Morgan fingerprint density at radius 2 is 2.00 bits per heavy atom. The fourth-order valence-electron chi connectivity index (χ4n) is 2.17. The molecule has 1 aliphatic heterocycles. The first kappa shape index (κ1) is 15.7. The third-order valence-corrected chi connectivity index (χ3v) is 5.99. The molecular formula is C13H17F2NO2S2. The van der Waals surface area contributed by atoms with Crippen LogP contribution in [0.2, 0.25) is 0 Å². The van der Waals surface area contributed by atoms with Gasteiger partial charge in [-0.3, -0.25) is 4.90 Å². The highest BCUT2D eigenvalue weighted by atomic mass is 32.2. The van der Waals surface area contributed by atoms with Gasteiger partial charge in [-0.1, -0.05) is 12.1 Å². The summed E-state index contributed by atoms with van der Waals surface area (Å²) in [6.45, 7) is 0.695. The van der Waals surface area contributed by atoms with Crippen LogP contribution in [0.1, 0.15) is 12.0 Å². The normalized spacial score (nSPS) is 19.9. The molecule has 20 heavy (non-hydrogen) atoms. The summed E-state index contributed by atoms with van der Waals surface area (Å²) in [6.07, 6.45) is 1.15. The molecule has 0 amide bonds. The van der Waals surface area contributed by atoms with E-state index in [2.05, 4.69) is 4.90 Å². The number of halogens is 2. The van der Waals surface area contributed by atoms with Crippen LogP contribution >= 0.6 is 11.8 Å². The van der Waals surface area contributed by atoms with Crippen molar-refractivity contribution in [2.75, 3.05) is 18.6 Å². The molecule has 1 atom stereocenters. The lowest BCUT2D eigenvalue weighted by Gasteiger charge is -2.23. The van der Waals surface area contributed by atoms with Crippen molar-refractivity contribution in [3.05, 3.63) is 29.8 Å². The average molecular weight is 321 g/mol. The summed E-state index contributed by atoms with van der Waals surface area (Å²) in [5, 5.41) is 0. The molecular weight excluding hydrogens is 304 g/mol. The Morgan fingerprint density at radius 1 is 1.35 bits per heavy atom. The van der Waals surface area contributed by atoms with E-state index >= 15 is 0 Å². The van der Waals surface area contributed by atoms with E-state index in [9.17, 15) is 17.2 Å². The van der Waals surface area contributed by atoms with E-state index in [1.165, 1.54) is 17.9 Å². The SMILES string of the molecule is CN(Cc1ccc(S(=O)(=O)C(F)F)cc1)[C@H]1CCSC1. The van der Waals surface area contributed by atoms with Crippen molar-refractivity contribution in [2.45, 2.75) is 29.7 Å². The summed E-state index contributed by atoms with van der Waals surface area (Å²) in [7, 11) is -2.46. The van der Waals surface area contributed by atoms with Crippen molar-refractivity contribution in [3.8, 4) is 0 Å². The lowest BCUT2D eigenvalue weighted by Crippen LogP contribution is -2.30. The van der Waals surface area contributed by atoms with Gasteiger partial charge in [0.25, 0.3) is 0 Å². The molecule has 2 rings (SSSR count). The van der Waals surface area contributed by atoms with Crippen LogP contribution in [0.15, 0.2) is 29.2 Å². The molecule has 1 fully saturated rings. The molecule has 1 aliphatic rings. The number of rotatable bonds is 5. The first-order valence-corrected chi connectivity index (χ1v) is 9.00. The average Bonchev–Trinajstić information content (AvgIpc) is 2.93. The number of thioether (sulfide) groups is 1. The van der Waals surface area contributed by atoms with Gasteiger partial charge in [0.05, 0.1) is 4.90 Å². The number of benzene rings is 1. The van der Waals surface area contributed by atoms with Gasteiger partial charge in [0, 0.05) is 18.3 Å². The minimum Gasteiger partial charge on any atom is -0.298 e. The maximum atomic E-state index is 12.4. The second-order valence-electron chi connectivity index (χ2n) is 4.88. The molecule has 7 heteroatoms. The van der Waals surface area contributed by atoms with Gasteiger partial charge in [-0.05, 0) is 36.9 Å². The predicted molar refractivity (Wildman–Crippen MR) is 76.8 cm³/mol. The summed E-state index contributed by atoms with van der Waals surface area (Å²) in [6, 6.07) is 6.26. The number of hydrogen-bond donors (Lipinski definition) is 0. The zero-order chi connectivity index (χ0) is 14.8. The van der Waals surface area contributed by atoms with Gasteiger partial charge in [-0.15, -0.1) is 0 Å². The zero-order valence-electron chi connectivity index (χ0n) is 11.1. The molecule has 0 spiro atoms. The summed E-state index contributed by atoms with van der Waals surface area (Å²) in [5.74, 6) is -1.10. The van der Waals surface area contributed by atoms with Crippen molar-refractivity contribution < 1.29 is 17.2 Å². The van der Waals surface area contributed by atoms with Gasteiger partial charge in [0.2, 0.25) is 9.84 Å². The van der Waals surface area contributed by atoms with Crippen LogP contribution in [0.4, 0.5) is 8.78 Å². The van der Waals surface area contributed by atoms with Crippen molar-refractivity contribution in [3.63, 3.8) is 0 Å². The van der Waals surface area contributed by atoms with Crippen LogP contribution in [0, 0.1) is 0 Å². The second kappa shape index (κ2) is 6.41. The molecule has 0 aliphatic carbocycles. The third-order valence-electron chi connectivity index (χ3n) is 3.45. The van der Waals surface area contributed by atoms with E-state index in [0.29, 0.717) is 12.6 Å². The molecule has 0 aromatic heterocycles. The van der Waals surface area contributed by atoms with Gasteiger partial charge in [0.1, 0.15) is 0 Å². The fraction of sp³-hybridized carbons (Fsp3) is 0.538.